The minimum absolute atomic E-state index is 0. The Kier molecular flexibility index (Phi) is 6.71. The molecule has 2 aromatic rings. The molecule has 134 valence electrons. The molecular weight excluding hydrogens is 334 g/mol. The number of ether oxygens (including phenoxy) is 1. The quantitative estimate of drug-likeness (QED) is 0.657. The van der Waals surface area contributed by atoms with Gasteiger partial charge in [-0.1, -0.05) is 19.8 Å². The van der Waals surface area contributed by atoms with Gasteiger partial charge < -0.3 is 14.7 Å². The second kappa shape index (κ2) is 8.77. The molecular formula is C20H26ClN3O. The van der Waals surface area contributed by atoms with E-state index in [2.05, 4.69) is 36.0 Å². The maximum Gasteiger partial charge on any atom is 0.146 e. The molecule has 0 bridgehead atoms. The van der Waals surface area contributed by atoms with Crippen molar-refractivity contribution < 1.29 is 4.74 Å². The summed E-state index contributed by atoms with van der Waals surface area (Å²) in [7, 11) is 1.68. The largest absolute Gasteiger partial charge is 0.494 e. The van der Waals surface area contributed by atoms with Crippen LogP contribution in [0.5, 0.6) is 0 Å². The van der Waals surface area contributed by atoms with Crippen LogP contribution in [0.1, 0.15) is 48.8 Å². The molecule has 0 fully saturated rings. The van der Waals surface area contributed by atoms with E-state index in [1.807, 2.05) is 24.4 Å². The minimum Gasteiger partial charge on any atom is -0.494 e. The molecule has 0 saturated heterocycles. The van der Waals surface area contributed by atoms with Crippen molar-refractivity contribution >= 4 is 24.2 Å². The number of allylic oxidation sites excluding steroid dienone is 1. The lowest BCUT2D eigenvalue weighted by Gasteiger charge is -2.00. The third kappa shape index (κ3) is 4.45. The zero-order chi connectivity index (χ0) is 16.9. The molecule has 0 unspecified atom stereocenters. The fourth-order valence-electron chi connectivity index (χ4n) is 2.99. The molecule has 0 aliphatic carbocycles. The predicted octanol–water partition coefficient (Wildman–Crippen LogP) is 5.18. The summed E-state index contributed by atoms with van der Waals surface area (Å²) in [4.78, 5) is 11.3. The van der Waals surface area contributed by atoms with E-state index in [-0.39, 0.29) is 12.4 Å². The van der Waals surface area contributed by atoms with Crippen LogP contribution in [0.15, 0.2) is 46.9 Å². The van der Waals surface area contributed by atoms with Crippen molar-refractivity contribution in [3.8, 4) is 0 Å². The fourth-order valence-corrected chi connectivity index (χ4v) is 2.99. The van der Waals surface area contributed by atoms with Crippen molar-refractivity contribution in [2.24, 2.45) is 4.99 Å². The highest BCUT2D eigenvalue weighted by Crippen LogP contribution is 2.25. The van der Waals surface area contributed by atoms with E-state index in [9.17, 15) is 0 Å². The standard InChI is InChI=1S/C20H25N3O.ClH/c1-4-5-6-8-15-11-16(22-14(15)2)12-19-20(24-3)13-18(23-19)17-9-7-10-21-17;/h7,9-13,21-22H,4-6,8H2,1-3H3;1H. The van der Waals surface area contributed by atoms with Crippen molar-refractivity contribution in [3.05, 3.63) is 64.6 Å². The van der Waals surface area contributed by atoms with Crippen molar-refractivity contribution in [2.75, 3.05) is 7.11 Å². The minimum atomic E-state index is 0. The molecule has 5 heteroatoms. The Bertz CT molecular complexity index is 782. The Morgan fingerprint density at radius 1 is 1.28 bits per heavy atom. The van der Waals surface area contributed by atoms with E-state index in [0.717, 1.165) is 35.0 Å². The average molecular weight is 360 g/mol. The van der Waals surface area contributed by atoms with Crippen molar-refractivity contribution in [3.63, 3.8) is 0 Å². The molecule has 2 aromatic heterocycles. The van der Waals surface area contributed by atoms with Gasteiger partial charge in [-0.2, -0.15) is 0 Å². The van der Waals surface area contributed by atoms with Crippen molar-refractivity contribution in [1.29, 1.82) is 0 Å². The summed E-state index contributed by atoms with van der Waals surface area (Å²) in [6.07, 6.45) is 10.8. The summed E-state index contributed by atoms with van der Waals surface area (Å²) in [5.41, 5.74) is 6.46. The molecule has 1 aliphatic rings. The van der Waals surface area contributed by atoms with Crippen LogP contribution >= 0.6 is 12.4 Å². The Morgan fingerprint density at radius 3 is 2.80 bits per heavy atom. The number of methoxy groups -OCH3 is 1. The average Bonchev–Trinajstić information content (AvgIpc) is 3.28. The number of halogens is 1. The van der Waals surface area contributed by atoms with Gasteiger partial charge in [-0.3, -0.25) is 0 Å². The van der Waals surface area contributed by atoms with Crippen LogP contribution in [0.4, 0.5) is 0 Å². The highest BCUT2D eigenvalue weighted by atomic mass is 35.5. The van der Waals surface area contributed by atoms with Gasteiger partial charge in [0.05, 0.1) is 18.5 Å². The van der Waals surface area contributed by atoms with Gasteiger partial charge >= 0.3 is 0 Å². The van der Waals surface area contributed by atoms with E-state index in [1.165, 1.54) is 30.5 Å². The Balaban J connectivity index is 0.00000225. The third-order valence-corrected chi connectivity index (χ3v) is 4.34. The van der Waals surface area contributed by atoms with Crippen LogP contribution in [0.2, 0.25) is 0 Å². The Labute approximate surface area is 155 Å². The molecule has 2 N–H and O–H groups in total. The van der Waals surface area contributed by atoms with Crippen LogP contribution in [0.3, 0.4) is 0 Å². The highest BCUT2D eigenvalue weighted by molar-refractivity contribution is 6.11. The first-order valence-electron chi connectivity index (χ1n) is 8.60. The number of hydrogen-bond acceptors (Lipinski definition) is 2. The van der Waals surface area contributed by atoms with Crippen molar-refractivity contribution in [1.82, 2.24) is 9.97 Å². The maximum atomic E-state index is 5.49. The zero-order valence-corrected chi connectivity index (χ0v) is 15.9. The second-order valence-electron chi connectivity index (χ2n) is 6.16. The summed E-state index contributed by atoms with van der Waals surface area (Å²) in [5, 5.41) is 0. The smallest absolute Gasteiger partial charge is 0.146 e. The topological polar surface area (TPSA) is 53.2 Å². The molecule has 1 aliphatic heterocycles. The third-order valence-electron chi connectivity index (χ3n) is 4.34. The Hall–Kier alpha value is -2.20. The molecule has 0 amide bonds. The molecule has 25 heavy (non-hydrogen) atoms. The van der Waals surface area contributed by atoms with Gasteiger partial charge in [-0.05, 0) is 49.6 Å². The van der Waals surface area contributed by atoms with E-state index in [0.29, 0.717) is 0 Å². The van der Waals surface area contributed by atoms with Crippen LogP contribution in [-0.4, -0.2) is 22.8 Å². The fraction of sp³-hybridized carbons (Fsp3) is 0.350. The summed E-state index contributed by atoms with van der Waals surface area (Å²) in [6.45, 7) is 4.37. The number of aliphatic imine (C=N–C) groups is 1. The number of nitrogens with one attached hydrogen (secondary N) is 2. The molecule has 0 aromatic carbocycles. The second-order valence-corrected chi connectivity index (χ2v) is 6.16. The first-order chi connectivity index (χ1) is 11.7. The van der Waals surface area contributed by atoms with Gasteiger partial charge in [-0.25, -0.2) is 4.99 Å². The number of rotatable bonds is 7. The van der Waals surface area contributed by atoms with E-state index < -0.39 is 0 Å². The maximum absolute atomic E-state index is 5.49. The van der Waals surface area contributed by atoms with Gasteiger partial charge in [0.2, 0.25) is 0 Å². The molecule has 3 heterocycles. The zero-order valence-electron chi connectivity index (χ0n) is 15.1. The number of aromatic nitrogens is 2. The summed E-state index contributed by atoms with van der Waals surface area (Å²) < 4.78 is 5.49. The SMILES string of the molecule is CCCCCc1cc(C=C2N=C(c3ccc[nH]3)C=C2OC)[nH]c1C.Cl. The van der Waals surface area contributed by atoms with Gasteiger partial charge in [0.1, 0.15) is 11.5 Å². The number of unbranched alkanes of at least 4 members (excludes halogenated alkanes) is 2. The number of aryl methyl sites for hydroxylation is 2. The first kappa shape index (κ1) is 19.1. The Morgan fingerprint density at radius 2 is 2.12 bits per heavy atom. The van der Waals surface area contributed by atoms with E-state index >= 15 is 0 Å². The molecule has 0 spiro atoms. The lowest BCUT2D eigenvalue weighted by molar-refractivity contribution is 0.303. The van der Waals surface area contributed by atoms with Gasteiger partial charge in [0.25, 0.3) is 0 Å². The lowest BCUT2D eigenvalue weighted by atomic mass is 10.1. The lowest BCUT2D eigenvalue weighted by Crippen LogP contribution is -1.93. The number of H-pyrrole nitrogens is 2. The first-order valence-corrected chi connectivity index (χ1v) is 8.60. The molecule has 4 nitrogen and oxygen atoms in total. The predicted molar refractivity (Wildman–Crippen MR) is 106 cm³/mol. The summed E-state index contributed by atoms with van der Waals surface area (Å²) >= 11 is 0. The van der Waals surface area contributed by atoms with Gasteiger partial charge in [0.15, 0.2) is 0 Å². The van der Waals surface area contributed by atoms with Gasteiger partial charge in [0, 0.05) is 23.7 Å². The summed E-state index contributed by atoms with van der Waals surface area (Å²) in [5.74, 6) is 0.791. The monoisotopic (exact) mass is 359 g/mol. The number of hydrogen-bond donors (Lipinski definition) is 2. The normalized spacial score (nSPS) is 15.1. The van der Waals surface area contributed by atoms with E-state index in [4.69, 9.17) is 9.73 Å². The van der Waals surface area contributed by atoms with Crippen molar-refractivity contribution in [2.45, 2.75) is 39.5 Å². The molecule has 3 rings (SSSR count). The van der Waals surface area contributed by atoms with Crippen LogP contribution < -0.4 is 0 Å². The van der Waals surface area contributed by atoms with E-state index in [1.54, 1.807) is 7.11 Å². The van der Waals surface area contributed by atoms with Gasteiger partial charge in [-0.15, -0.1) is 12.4 Å². The van der Waals surface area contributed by atoms with Crippen LogP contribution in [0.25, 0.3) is 6.08 Å². The van der Waals surface area contributed by atoms with Crippen LogP contribution in [-0.2, 0) is 11.2 Å². The molecule has 0 atom stereocenters. The highest BCUT2D eigenvalue weighted by Gasteiger charge is 2.17. The number of aromatic amines is 2. The molecule has 0 radical (unpaired) electrons. The summed E-state index contributed by atoms with van der Waals surface area (Å²) in [6, 6.07) is 6.21. The van der Waals surface area contributed by atoms with Crippen LogP contribution in [0, 0.1) is 6.92 Å². The number of nitrogens with zero attached hydrogens (tertiary/aromatic N) is 1. The molecule has 0 saturated carbocycles.